The van der Waals surface area contributed by atoms with Crippen molar-refractivity contribution in [2.45, 2.75) is 17.9 Å². The Morgan fingerprint density at radius 2 is 1.84 bits per heavy atom. The summed E-state index contributed by atoms with van der Waals surface area (Å²) in [6.45, 7) is 1.71. The number of sulfonamides is 1. The molecule has 0 fully saturated rings. The Balaban J connectivity index is 2.78. The molecule has 0 heterocycles. The van der Waals surface area contributed by atoms with Crippen LogP contribution in [0.4, 0.5) is 0 Å². The molecule has 6 heteroatoms. The zero-order chi connectivity index (χ0) is 14.5. The van der Waals surface area contributed by atoms with Crippen LogP contribution in [-0.2, 0) is 16.6 Å². The van der Waals surface area contributed by atoms with Gasteiger partial charge in [0.15, 0.2) is 0 Å². The average molecular weight is 285 g/mol. The van der Waals surface area contributed by atoms with Crippen LogP contribution in [0.3, 0.4) is 0 Å². The van der Waals surface area contributed by atoms with E-state index in [0.717, 1.165) is 18.5 Å². The monoisotopic (exact) mass is 285 g/mol. The maximum Gasteiger partial charge on any atom is 0.242 e. The average Bonchev–Trinajstić information content (AvgIpc) is 2.38. The molecule has 1 aromatic carbocycles. The fraction of sp³-hybridized carbons (Fsp3) is 0.538. The second kappa shape index (κ2) is 7.00. The lowest BCUT2D eigenvalue weighted by Crippen LogP contribution is -2.30. The molecule has 0 saturated carbocycles. The molecule has 0 atom stereocenters. The highest BCUT2D eigenvalue weighted by Crippen LogP contribution is 2.16. The minimum absolute atomic E-state index is 0.308. The van der Waals surface area contributed by atoms with Crippen LogP contribution in [0.5, 0.6) is 0 Å². The summed E-state index contributed by atoms with van der Waals surface area (Å²) in [6.07, 6.45) is 0.805. The summed E-state index contributed by atoms with van der Waals surface area (Å²) in [5, 5.41) is 0. The first-order valence-corrected chi connectivity index (χ1v) is 7.72. The van der Waals surface area contributed by atoms with Crippen molar-refractivity contribution in [3.05, 3.63) is 29.8 Å². The SMILES string of the molecule is CN(C)CCCN(C)S(=O)(=O)c1cccc(CN)c1. The highest BCUT2D eigenvalue weighted by Gasteiger charge is 2.20. The molecule has 1 rings (SSSR count). The minimum Gasteiger partial charge on any atom is -0.326 e. The van der Waals surface area contributed by atoms with E-state index < -0.39 is 10.0 Å². The fourth-order valence-corrected chi connectivity index (χ4v) is 3.02. The smallest absolute Gasteiger partial charge is 0.242 e. The molecule has 108 valence electrons. The zero-order valence-electron chi connectivity index (χ0n) is 11.8. The maximum absolute atomic E-state index is 12.3. The molecule has 0 bridgehead atoms. The summed E-state index contributed by atoms with van der Waals surface area (Å²) in [5.41, 5.74) is 6.36. The molecular weight excluding hydrogens is 262 g/mol. The summed E-state index contributed by atoms with van der Waals surface area (Å²) < 4.78 is 26.1. The number of nitrogens with zero attached hydrogens (tertiary/aromatic N) is 2. The van der Waals surface area contributed by atoms with Gasteiger partial charge in [-0.25, -0.2) is 12.7 Å². The second-order valence-corrected chi connectivity index (χ2v) is 6.88. The fourth-order valence-electron chi connectivity index (χ4n) is 1.74. The first-order valence-electron chi connectivity index (χ1n) is 6.28. The van der Waals surface area contributed by atoms with Gasteiger partial charge in [-0.05, 0) is 44.8 Å². The predicted octanol–water partition coefficient (Wildman–Crippen LogP) is 0.718. The maximum atomic E-state index is 12.3. The summed E-state index contributed by atoms with van der Waals surface area (Å²) in [4.78, 5) is 2.35. The van der Waals surface area contributed by atoms with Gasteiger partial charge in [-0.2, -0.15) is 0 Å². The standard InChI is InChI=1S/C13H23N3O2S/c1-15(2)8-5-9-16(3)19(17,18)13-7-4-6-12(10-13)11-14/h4,6-7,10H,5,8-9,11,14H2,1-3H3. The van der Waals surface area contributed by atoms with Gasteiger partial charge >= 0.3 is 0 Å². The van der Waals surface area contributed by atoms with Gasteiger partial charge in [-0.3, -0.25) is 0 Å². The Morgan fingerprint density at radius 3 is 2.42 bits per heavy atom. The molecule has 19 heavy (non-hydrogen) atoms. The molecule has 0 aliphatic rings. The lowest BCUT2D eigenvalue weighted by molar-refractivity contribution is 0.370. The first kappa shape index (κ1) is 16.1. The molecular formula is C13H23N3O2S. The van der Waals surface area contributed by atoms with E-state index >= 15 is 0 Å². The number of rotatable bonds is 7. The van der Waals surface area contributed by atoms with E-state index in [1.807, 2.05) is 25.1 Å². The van der Waals surface area contributed by atoms with Crippen molar-refractivity contribution in [2.75, 3.05) is 34.2 Å². The number of benzene rings is 1. The van der Waals surface area contributed by atoms with Crippen LogP contribution in [0.15, 0.2) is 29.2 Å². The van der Waals surface area contributed by atoms with Crippen molar-refractivity contribution in [1.29, 1.82) is 0 Å². The molecule has 5 nitrogen and oxygen atoms in total. The molecule has 0 unspecified atom stereocenters. The number of hydrogen-bond donors (Lipinski definition) is 1. The summed E-state index contributed by atoms with van der Waals surface area (Å²) in [6, 6.07) is 6.79. The second-order valence-electron chi connectivity index (χ2n) is 4.83. The molecule has 0 aromatic heterocycles. The Morgan fingerprint density at radius 1 is 1.16 bits per heavy atom. The van der Waals surface area contributed by atoms with Crippen LogP contribution in [0.2, 0.25) is 0 Å². The minimum atomic E-state index is -3.41. The topological polar surface area (TPSA) is 66.6 Å². The first-order chi connectivity index (χ1) is 8.87. The van der Waals surface area contributed by atoms with E-state index in [0.29, 0.717) is 18.0 Å². The van der Waals surface area contributed by atoms with E-state index in [4.69, 9.17) is 5.73 Å². The highest BCUT2D eigenvalue weighted by atomic mass is 32.2. The third-order valence-electron chi connectivity index (χ3n) is 2.92. The molecule has 0 radical (unpaired) electrons. The Kier molecular flexibility index (Phi) is 5.93. The molecule has 0 saturated heterocycles. The number of nitrogens with two attached hydrogens (primary N) is 1. The van der Waals surface area contributed by atoms with Crippen LogP contribution in [0.25, 0.3) is 0 Å². The van der Waals surface area contributed by atoms with E-state index in [-0.39, 0.29) is 0 Å². The van der Waals surface area contributed by atoms with Crippen molar-refractivity contribution >= 4 is 10.0 Å². The lowest BCUT2D eigenvalue weighted by atomic mass is 10.2. The van der Waals surface area contributed by atoms with Gasteiger partial charge in [-0.15, -0.1) is 0 Å². The van der Waals surface area contributed by atoms with Crippen LogP contribution < -0.4 is 5.73 Å². The van der Waals surface area contributed by atoms with E-state index in [1.54, 1.807) is 25.2 Å². The van der Waals surface area contributed by atoms with Gasteiger partial charge in [0, 0.05) is 20.1 Å². The van der Waals surface area contributed by atoms with Gasteiger partial charge in [-0.1, -0.05) is 12.1 Å². The largest absolute Gasteiger partial charge is 0.326 e. The van der Waals surface area contributed by atoms with Gasteiger partial charge in [0.05, 0.1) is 4.90 Å². The van der Waals surface area contributed by atoms with Gasteiger partial charge in [0.1, 0.15) is 0 Å². The normalized spacial score (nSPS) is 12.3. The summed E-state index contributed by atoms with van der Waals surface area (Å²) in [7, 11) is 2.14. The Hall–Kier alpha value is -0.950. The van der Waals surface area contributed by atoms with Gasteiger partial charge in [0.2, 0.25) is 10.0 Å². The molecule has 0 amide bonds. The summed E-state index contributed by atoms with van der Waals surface area (Å²) in [5.74, 6) is 0. The van der Waals surface area contributed by atoms with E-state index in [2.05, 4.69) is 0 Å². The van der Waals surface area contributed by atoms with Crippen LogP contribution in [0.1, 0.15) is 12.0 Å². The van der Waals surface area contributed by atoms with Crippen molar-refractivity contribution in [2.24, 2.45) is 5.73 Å². The predicted molar refractivity (Wildman–Crippen MR) is 77.3 cm³/mol. The van der Waals surface area contributed by atoms with Crippen molar-refractivity contribution < 1.29 is 8.42 Å². The van der Waals surface area contributed by atoms with Gasteiger partial charge < -0.3 is 10.6 Å². The molecule has 2 N–H and O–H groups in total. The summed E-state index contributed by atoms with van der Waals surface area (Å²) >= 11 is 0. The number of hydrogen-bond acceptors (Lipinski definition) is 4. The molecule has 1 aromatic rings. The zero-order valence-corrected chi connectivity index (χ0v) is 12.7. The molecule has 0 aliphatic carbocycles. The van der Waals surface area contributed by atoms with Crippen LogP contribution >= 0.6 is 0 Å². The highest BCUT2D eigenvalue weighted by molar-refractivity contribution is 7.89. The molecule has 0 aliphatic heterocycles. The van der Waals surface area contributed by atoms with Crippen molar-refractivity contribution in [3.8, 4) is 0 Å². The molecule has 0 spiro atoms. The van der Waals surface area contributed by atoms with Gasteiger partial charge in [0.25, 0.3) is 0 Å². The Labute approximate surface area is 116 Å². The Bertz CT molecular complexity index is 500. The third kappa shape index (κ3) is 4.58. The van der Waals surface area contributed by atoms with Crippen molar-refractivity contribution in [1.82, 2.24) is 9.21 Å². The van der Waals surface area contributed by atoms with E-state index in [9.17, 15) is 8.42 Å². The third-order valence-corrected chi connectivity index (χ3v) is 4.77. The van der Waals surface area contributed by atoms with Crippen molar-refractivity contribution in [3.63, 3.8) is 0 Å². The van der Waals surface area contributed by atoms with E-state index in [1.165, 1.54) is 4.31 Å². The van der Waals surface area contributed by atoms with Crippen LogP contribution in [-0.4, -0.2) is 51.9 Å². The van der Waals surface area contributed by atoms with Crippen LogP contribution in [0, 0.1) is 0 Å². The lowest BCUT2D eigenvalue weighted by Gasteiger charge is -2.18. The quantitative estimate of drug-likeness (QED) is 0.801.